The van der Waals surface area contributed by atoms with Gasteiger partial charge in [0.15, 0.2) is 0 Å². The van der Waals surface area contributed by atoms with Gasteiger partial charge in [0.25, 0.3) is 10.0 Å². The van der Waals surface area contributed by atoms with E-state index in [1.165, 1.54) is 9.13 Å². The highest BCUT2D eigenvalue weighted by Gasteiger charge is 2.20. The van der Waals surface area contributed by atoms with Gasteiger partial charge >= 0.3 is 5.69 Å². The van der Waals surface area contributed by atoms with Crippen molar-refractivity contribution in [1.82, 2.24) is 9.13 Å². The summed E-state index contributed by atoms with van der Waals surface area (Å²) in [6, 6.07) is 10.5. The number of hydrogen-bond acceptors (Lipinski definition) is 3. The molecule has 126 valence electrons. The van der Waals surface area contributed by atoms with E-state index in [2.05, 4.69) is 4.72 Å². The number of hydrogen-bond donors (Lipinski definition) is 1. The monoisotopic (exact) mass is 345 g/mol. The minimum absolute atomic E-state index is 0.166. The van der Waals surface area contributed by atoms with E-state index in [-0.39, 0.29) is 10.6 Å². The largest absolute Gasteiger partial charge is 0.328 e. The zero-order chi connectivity index (χ0) is 17.6. The van der Waals surface area contributed by atoms with Gasteiger partial charge in [-0.15, -0.1) is 0 Å². The van der Waals surface area contributed by atoms with Crippen molar-refractivity contribution in [3.8, 4) is 0 Å². The highest BCUT2D eigenvalue weighted by molar-refractivity contribution is 7.92. The standard InChI is InChI=1S/C17H19N3O3S/c1-11-7-5-6-8-13(11)18-24(22,23)16-10-15-14(9-12(16)2)19(3)17(21)20(15)4/h5-10,18H,1-4H3. The van der Waals surface area contributed by atoms with Crippen LogP contribution < -0.4 is 10.4 Å². The SMILES string of the molecule is Cc1ccccc1NS(=O)(=O)c1cc2c(cc1C)n(C)c(=O)n2C. The summed E-state index contributed by atoms with van der Waals surface area (Å²) in [6.45, 7) is 3.57. The van der Waals surface area contributed by atoms with Crippen LogP contribution in [0.15, 0.2) is 46.1 Å². The molecule has 7 heteroatoms. The van der Waals surface area contributed by atoms with Gasteiger partial charge in [0.1, 0.15) is 0 Å². The van der Waals surface area contributed by atoms with Gasteiger partial charge < -0.3 is 0 Å². The van der Waals surface area contributed by atoms with E-state index < -0.39 is 10.0 Å². The highest BCUT2D eigenvalue weighted by atomic mass is 32.2. The van der Waals surface area contributed by atoms with Gasteiger partial charge in [-0.2, -0.15) is 0 Å². The molecule has 0 fully saturated rings. The fourth-order valence-corrected chi connectivity index (χ4v) is 4.19. The average molecular weight is 345 g/mol. The average Bonchev–Trinajstić information content (AvgIpc) is 2.73. The lowest BCUT2D eigenvalue weighted by Crippen LogP contribution is -2.19. The zero-order valence-corrected chi connectivity index (χ0v) is 14.8. The zero-order valence-electron chi connectivity index (χ0n) is 14.0. The Balaban J connectivity index is 2.18. The number of aromatic nitrogens is 2. The summed E-state index contributed by atoms with van der Waals surface area (Å²) in [4.78, 5) is 12.2. The molecule has 0 aliphatic carbocycles. The van der Waals surface area contributed by atoms with Crippen molar-refractivity contribution in [1.29, 1.82) is 0 Å². The third kappa shape index (κ3) is 2.50. The molecular formula is C17H19N3O3S. The van der Waals surface area contributed by atoms with E-state index in [4.69, 9.17) is 0 Å². The first kappa shape index (κ1) is 16.3. The minimum atomic E-state index is -3.75. The summed E-state index contributed by atoms with van der Waals surface area (Å²) in [6.07, 6.45) is 0. The van der Waals surface area contributed by atoms with Crippen LogP contribution in [0.1, 0.15) is 11.1 Å². The first-order chi connectivity index (χ1) is 11.2. The first-order valence-corrected chi connectivity index (χ1v) is 8.95. The maximum atomic E-state index is 12.8. The number of para-hydroxylation sites is 1. The lowest BCUT2D eigenvalue weighted by molar-refractivity contribution is 0.600. The van der Waals surface area contributed by atoms with Crippen LogP contribution in [0.25, 0.3) is 11.0 Å². The van der Waals surface area contributed by atoms with E-state index in [0.717, 1.165) is 5.56 Å². The van der Waals surface area contributed by atoms with Crippen molar-refractivity contribution >= 4 is 26.7 Å². The second kappa shape index (κ2) is 5.52. The Bertz CT molecular complexity index is 1110. The maximum Gasteiger partial charge on any atom is 0.328 e. The van der Waals surface area contributed by atoms with Crippen molar-refractivity contribution < 1.29 is 8.42 Å². The van der Waals surface area contributed by atoms with Gasteiger partial charge in [-0.05, 0) is 43.2 Å². The van der Waals surface area contributed by atoms with Crippen LogP contribution in [0.5, 0.6) is 0 Å². The van der Waals surface area contributed by atoms with E-state index in [1.807, 2.05) is 19.1 Å². The molecule has 0 saturated carbocycles. The number of fused-ring (bicyclic) bond motifs is 1. The maximum absolute atomic E-state index is 12.8. The molecule has 0 atom stereocenters. The molecule has 0 bridgehead atoms. The second-order valence-corrected chi connectivity index (χ2v) is 7.58. The summed E-state index contributed by atoms with van der Waals surface area (Å²) in [5.74, 6) is 0. The Labute approximate surface area is 140 Å². The summed E-state index contributed by atoms with van der Waals surface area (Å²) in [5, 5.41) is 0. The van der Waals surface area contributed by atoms with Crippen LogP contribution in [-0.2, 0) is 24.1 Å². The van der Waals surface area contributed by atoms with Gasteiger partial charge in [-0.3, -0.25) is 13.9 Å². The molecule has 0 unspecified atom stereocenters. The Morgan fingerprint density at radius 3 is 2.12 bits per heavy atom. The number of benzene rings is 2. The van der Waals surface area contributed by atoms with Crippen molar-refractivity contribution in [2.45, 2.75) is 18.7 Å². The lowest BCUT2D eigenvalue weighted by atomic mass is 10.2. The molecule has 3 aromatic rings. The molecule has 24 heavy (non-hydrogen) atoms. The molecule has 1 aromatic heterocycles. The summed E-state index contributed by atoms with van der Waals surface area (Å²) in [5.41, 5.74) is 3.06. The molecule has 0 saturated heterocycles. The molecule has 6 nitrogen and oxygen atoms in total. The third-order valence-electron chi connectivity index (χ3n) is 4.25. The predicted molar refractivity (Wildman–Crippen MR) is 94.9 cm³/mol. The van der Waals surface area contributed by atoms with E-state index in [9.17, 15) is 13.2 Å². The number of aryl methyl sites for hydroxylation is 4. The quantitative estimate of drug-likeness (QED) is 0.791. The second-order valence-electron chi connectivity index (χ2n) is 5.93. The van der Waals surface area contributed by atoms with Gasteiger partial charge in [0.2, 0.25) is 0 Å². The molecule has 1 heterocycles. The van der Waals surface area contributed by atoms with Crippen LogP contribution in [0.4, 0.5) is 5.69 Å². The predicted octanol–water partition coefficient (Wildman–Crippen LogP) is 2.29. The first-order valence-electron chi connectivity index (χ1n) is 7.47. The smallest absolute Gasteiger partial charge is 0.295 e. The Kier molecular flexibility index (Phi) is 3.76. The third-order valence-corrected chi connectivity index (χ3v) is 5.76. The van der Waals surface area contributed by atoms with Crippen molar-refractivity contribution in [3.63, 3.8) is 0 Å². The number of sulfonamides is 1. The molecule has 0 aliphatic rings. The molecular weight excluding hydrogens is 326 g/mol. The lowest BCUT2D eigenvalue weighted by Gasteiger charge is -2.13. The van der Waals surface area contributed by atoms with Gasteiger partial charge in [0.05, 0.1) is 21.6 Å². The topological polar surface area (TPSA) is 73.1 Å². The van der Waals surface area contributed by atoms with Crippen molar-refractivity contribution in [3.05, 3.63) is 58.0 Å². The normalized spacial score (nSPS) is 11.8. The number of anilines is 1. The molecule has 0 aliphatic heterocycles. The molecule has 1 N–H and O–H groups in total. The van der Waals surface area contributed by atoms with Gasteiger partial charge in [0, 0.05) is 14.1 Å². The van der Waals surface area contributed by atoms with Crippen LogP contribution in [0.2, 0.25) is 0 Å². The summed E-state index contributed by atoms with van der Waals surface area (Å²) in [7, 11) is -0.452. The highest BCUT2D eigenvalue weighted by Crippen LogP contribution is 2.25. The number of nitrogens with zero attached hydrogens (tertiary/aromatic N) is 2. The van der Waals surface area contributed by atoms with E-state index in [0.29, 0.717) is 22.3 Å². The number of rotatable bonds is 3. The Morgan fingerprint density at radius 1 is 0.917 bits per heavy atom. The van der Waals surface area contributed by atoms with Crippen molar-refractivity contribution in [2.24, 2.45) is 14.1 Å². The van der Waals surface area contributed by atoms with Crippen LogP contribution in [-0.4, -0.2) is 17.6 Å². The molecule has 0 radical (unpaired) electrons. The fourth-order valence-electron chi connectivity index (χ4n) is 2.81. The summed E-state index contributed by atoms with van der Waals surface area (Å²) >= 11 is 0. The minimum Gasteiger partial charge on any atom is -0.295 e. The van der Waals surface area contributed by atoms with Crippen LogP contribution in [0.3, 0.4) is 0 Å². The molecule has 2 aromatic carbocycles. The van der Waals surface area contributed by atoms with Gasteiger partial charge in [-0.1, -0.05) is 18.2 Å². The van der Waals surface area contributed by atoms with E-state index in [1.54, 1.807) is 45.3 Å². The van der Waals surface area contributed by atoms with E-state index >= 15 is 0 Å². The van der Waals surface area contributed by atoms with Crippen LogP contribution >= 0.6 is 0 Å². The summed E-state index contributed by atoms with van der Waals surface area (Å²) < 4.78 is 31.2. The van der Waals surface area contributed by atoms with Crippen LogP contribution in [0, 0.1) is 13.8 Å². The van der Waals surface area contributed by atoms with Crippen molar-refractivity contribution in [2.75, 3.05) is 4.72 Å². The molecule has 3 rings (SSSR count). The Morgan fingerprint density at radius 2 is 1.50 bits per heavy atom. The fraction of sp³-hybridized carbons (Fsp3) is 0.235. The molecule has 0 spiro atoms. The Hall–Kier alpha value is -2.54. The number of nitrogens with one attached hydrogen (secondary N) is 1. The number of imidazole rings is 1. The molecule has 0 amide bonds. The van der Waals surface area contributed by atoms with Gasteiger partial charge in [-0.25, -0.2) is 13.2 Å².